The molecule has 0 saturated carbocycles. The number of unbranched alkanes of at least 4 members (excludes halogenated alkanes) is 2. The Morgan fingerprint density at radius 2 is 2.14 bits per heavy atom. The summed E-state index contributed by atoms with van der Waals surface area (Å²) in [6, 6.07) is 5.41. The minimum absolute atomic E-state index is 0.0675. The topological polar surface area (TPSA) is 59.4 Å². The van der Waals surface area contributed by atoms with Crippen molar-refractivity contribution >= 4 is 16.9 Å². The van der Waals surface area contributed by atoms with Crippen LogP contribution in [0.25, 0.3) is 10.9 Å². The molecule has 0 amide bonds. The smallest absolute Gasteiger partial charge is 0.354 e. The number of carboxylic acid groups (broad SMARTS) is 1. The van der Waals surface area contributed by atoms with Gasteiger partial charge in [0.05, 0.1) is 11.6 Å². The molecule has 1 atom stereocenters. The lowest BCUT2D eigenvalue weighted by Crippen LogP contribution is -2.13. The van der Waals surface area contributed by atoms with Gasteiger partial charge in [0, 0.05) is 11.5 Å². The van der Waals surface area contributed by atoms with Gasteiger partial charge in [0.1, 0.15) is 11.6 Å². The molecule has 0 radical (unpaired) electrons. The fourth-order valence-corrected chi connectivity index (χ4v) is 2.33. The average Bonchev–Trinajstić information content (AvgIpc) is 2.47. The second-order valence-corrected chi connectivity index (χ2v) is 5.40. The van der Waals surface area contributed by atoms with Crippen LogP contribution in [0.4, 0.5) is 4.39 Å². The minimum Gasteiger partial charge on any atom is -0.490 e. The number of hydrogen-bond acceptors (Lipinski definition) is 3. The number of aromatic carboxylic acids is 1. The molecule has 1 unspecified atom stereocenters. The summed E-state index contributed by atoms with van der Waals surface area (Å²) in [4.78, 5) is 15.2. The Morgan fingerprint density at radius 3 is 2.82 bits per heavy atom. The molecular formula is C17H20FNO3. The second-order valence-electron chi connectivity index (χ2n) is 5.40. The summed E-state index contributed by atoms with van der Waals surface area (Å²) in [7, 11) is 0. The first-order chi connectivity index (χ1) is 10.5. The molecule has 118 valence electrons. The van der Waals surface area contributed by atoms with Crippen molar-refractivity contribution in [2.24, 2.45) is 0 Å². The van der Waals surface area contributed by atoms with E-state index < -0.39 is 11.8 Å². The van der Waals surface area contributed by atoms with Crippen LogP contribution in [-0.2, 0) is 0 Å². The minimum atomic E-state index is -1.13. The maximum absolute atomic E-state index is 13.5. The van der Waals surface area contributed by atoms with Crippen LogP contribution in [0.3, 0.4) is 0 Å². The third-order valence-corrected chi connectivity index (χ3v) is 3.49. The molecule has 22 heavy (non-hydrogen) atoms. The van der Waals surface area contributed by atoms with Gasteiger partial charge in [-0.2, -0.15) is 0 Å². The maximum atomic E-state index is 13.5. The number of aromatic nitrogens is 1. The highest BCUT2D eigenvalue weighted by Gasteiger charge is 2.14. The van der Waals surface area contributed by atoms with E-state index >= 15 is 0 Å². The SMILES string of the molecule is CCCCCC(C)Oc1cc(C(=O)O)nc2ccc(F)cc12. The number of benzene rings is 1. The van der Waals surface area contributed by atoms with Gasteiger partial charge in [0.2, 0.25) is 0 Å². The van der Waals surface area contributed by atoms with E-state index in [0.29, 0.717) is 16.7 Å². The molecule has 2 aromatic rings. The van der Waals surface area contributed by atoms with Crippen molar-refractivity contribution < 1.29 is 19.0 Å². The summed E-state index contributed by atoms with van der Waals surface area (Å²) >= 11 is 0. The van der Waals surface area contributed by atoms with Gasteiger partial charge in [-0.3, -0.25) is 0 Å². The van der Waals surface area contributed by atoms with Crippen LogP contribution in [0.5, 0.6) is 5.75 Å². The van der Waals surface area contributed by atoms with Crippen molar-refractivity contribution in [1.82, 2.24) is 4.98 Å². The number of halogens is 1. The van der Waals surface area contributed by atoms with Gasteiger partial charge in [-0.15, -0.1) is 0 Å². The molecule has 0 saturated heterocycles. The second kappa shape index (κ2) is 7.20. The Morgan fingerprint density at radius 1 is 1.36 bits per heavy atom. The fraction of sp³-hybridized carbons (Fsp3) is 0.412. The first-order valence-electron chi connectivity index (χ1n) is 7.51. The molecular weight excluding hydrogens is 285 g/mol. The number of carboxylic acids is 1. The first-order valence-corrected chi connectivity index (χ1v) is 7.51. The van der Waals surface area contributed by atoms with E-state index in [9.17, 15) is 9.18 Å². The molecule has 2 rings (SSSR count). The van der Waals surface area contributed by atoms with E-state index in [1.807, 2.05) is 6.92 Å². The summed E-state index contributed by atoms with van der Waals surface area (Å²) in [5.74, 6) is -1.17. The molecule has 0 aliphatic heterocycles. The van der Waals surface area contributed by atoms with Crippen LogP contribution in [0.1, 0.15) is 50.0 Å². The Labute approximate surface area is 128 Å². The third-order valence-electron chi connectivity index (χ3n) is 3.49. The molecule has 0 aliphatic rings. The number of hydrogen-bond donors (Lipinski definition) is 1. The maximum Gasteiger partial charge on any atom is 0.354 e. The summed E-state index contributed by atoms with van der Waals surface area (Å²) in [6.45, 7) is 4.06. The van der Waals surface area contributed by atoms with Crippen molar-refractivity contribution in [3.63, 3.8) is 0 Å². The van der Waals surface area contributed by atoms with Gasteiger partial charge >= 0.3 is 5.97 Å². The van der Waals surface area contributed by atoms with Crippen LogP contribution in [0.15, 0.2) is 24.3 Å². The number of carbonyl (C=O) groups is 1. The molecule has 5 heteroatoms. The van der Waals surface area contributed by atoms with Gasteiger partial charge in [-0.1, -0.05) is 19.8 Å². The van der Waals surface area contributed by atoms with Crippen molar-refractivity contribution in [3.8, 4) is 5.75 Å². The number of ether oxygens (including phenoxy) is 1. The summed E-state index contributed by atoms with van der Waals surface area (Å²) in [6.07, 6.45) is 4.09. The zero-order valence-corrected chi connectivity index (χ0v) is 12.8. The van der Waals surface area contributed by atoms with E-state index in [4.69, 9.17) is 9.84 Å². The number of fused-ring (bicyclic) bond motifs is 1. The van der Waals surface area contributed by atoms with Gasteiger partial charge in [0.15, 0.2) is 5.69 Å². The largest absolute Gasteiger partial charge is 0.490 e. The Bertz CT molecular complexity index is 672. The van der Waals surface area contributed by atoms with Gasteiger partial charge < -0.3 is 9.84 Å². The van der Waals surface area contributed by atoms with E-state index in [2.05, 4.69) is 11.9 Å². The van der Waals surface area contributed by atoms with Crippen LogP contribution < -0.4 is 4.74 Å². The average molecular weight is 305 g/mol. The van der Waals surface area contributed by atoms with E-state index in [1.165, 1.54) is 24.3 Å². The highest BCUT2D eigenvalue weighted by atomic mass is 19.1. The fourth-order valence-electron chi connectivity index (χ4n) is 2.33. The van der Waals surface area contributed by atoms with E-state index in [-0.39, 0.29) is 11.8 Å². The van der Waals surface area contributed by atoms with Crippen LogP contribution >= 0.6 is 0 Å². The number of pyridine rings is 1. The first kappa shape index (κ1) is 16.2. The molecule has 0 aliphatic carbocycles. The van der Waals surface area contributed by atoms with E-state index in [0.717, 1.165) is 25.7 Å². The van der Waals surface area contributed by atoms with Crippen molar-refractivity contribution in [3.05, 3.63) is 35.8 Å². The zero-order valence-electron chi connectivity index (χ0n) is 12.8. The number of nitrogens with zero attached hydrogens (tertiary/aromatic N) is 1. The molecule has 4 nitrogen and oxygen atoms in total. The Kier molecular flexibility index (Phi) is 5.31. The molecule has 0 spiro atoms. The molecule has 1 aromatic heterocycles. The molecule has 1 heterocycles. The monoisotopic (exact) mass is 305 g/mol. The lowest BCUT2D eigenvalue weighted by Gasteiger charge is -2.16. The summed E-state index contributed by atoms with van der Waals surface area (Å²) in [5, 5.41) is 9.63. The lowest BCUT2D eigenvalue weighted by molar-refractivity contribution is 0.0690. The lowest BCUT2D eigenvalue weighted by atomic mass is 10.1. The van der Waals surface area contributed by atoms with Crippen molar-refractivity contribution in [1.29, 1.82) is 0 Å². The Hall–Kier alpha value is -2.17. The predicted octanol–water partition coefficient (Wildman–Crippen LogP) is 4.42. The highest BCUT2D eigenvalue weighted by molar-refractivity contribution is 5.93. The van der Waals surface area contributed by atoms with Gasteiger partial charge in [0.25, 0.3) is 0 Å². The van der Waals surface area contributed by atoms with Crippen LogP contribution in [0, 0.1) is 5.82 Å². The summed E-state index contributed by atoms with van der Waals surface area (Å²) in [5.41, 5.74) is 0.312. The van der Waals surface area contributed by atoms with Gasteiger partial charge in [-0.25, -0.2) is 14.2 Å². The standard InChI is InChI=1S/C17H20FNO3/c1-3-4-5-6-11(2)22-16-10-15(17(20)21)19-14-8-7-12(18)9-13(14)16/h7-11H,3-6H2,1-2H3,(H,20,21). The van der Waals surface area contributed by atoms with Crippen LogP contribution in [-0.4, -0.2) is 22.2 Å². The highest BCUT2D eigenvalue weighted by Crippen LogP contribution is 2.28. The van der Waals surface area contributed by atoms with Crippen LogP contribution in [0.2, 0.25) is 0 Å². The van der Waals surface area contributed by atoms with Gasteiger partial charge in [-0.05, 0) is 38.0 Å². The predicted molar refractivity (Wildman–Crippen MR) is 82.9 cm³/mol. The van der Waals surface area contributed by atoms with Crippen molar-refractivity contribution in [2.45, 2.75) is 45.6 Å². The quantitative estimate of drug-likeness (QED) is 0.769. The summed E-state index contributed by atoms with van der Waals surface area (Å²) < 4.78 is 19.3. The van der Waals surface area contributed by atoms with Crippen molar-refractivity contribution in [2.75, 3.05) is 0 Å². The van der Waals surface area contributed by atoms with E-state index in [1.54, 1.807) is 0 Å². The number of rotatable bonds is 7. The normalized spacial score (nSPS) is 12.3. The molecule has 1 aromatic carbocycles. The third kappa shape index (κ3) is 3.93. The molecule has 0 bridgehead atoms. The molecule has 0 fully saturated rings. The molecule has 1 N–H and O–H groups in total. The Balaban J connectivity index is 2.33. The zero-order chi connectivity index (χ0) is 16.1.